The summed E-state index contributed by atoms with van der Waals surface area (Å²) >= 11 is 0. The lowest BCUT2D eigenvalue weighted by molar-refractivity contribution is 0.618. The van der Waals surface area contributed by atoms with Crippen molar-refractivity contribution in [1.82, 2.24) is 0 Å². The zero-order valence-electron chi connectivity index (χ0n) is 8.06. The molecule has 0 unspecified atom stereocenters. The summed E-state index contributed by atoms with van der Waals surface area (Å²) in [5.41, 5.74) is 1.81. The second-order valence-electron chi connectivity index (χ2n) is 3.46. The summed E-state index contributed by atoms with van der Waals surface area (Å²) < 4.78 is 13.2. The van der Waals surface area contributed by atoms with E-state index in [0.29, 0.717) is 11.5 Å². The van der Waals surface area contributed by atoms with Gasteiger partial charge in [0.1, 0.15) is 11.9 Å². The van der Waals surface area contributed by atoms with Crippen molar-refractivity contribution >= 4 is 0 Å². The zero-order valence-corrected chi connectivity index (χ0v) is 8.06. The minimum atomic E-state index is -0.411. The zero-order chi connectivity index (χ0) is 10.0. The van der Waals surface area contributed by atoms with Crippen molar-refractivity contribution in [3.8, 4) is 6.07 Å². The molecule has 0 aliphatic carbocycles. The molecule has 1 nitrogen and oxygen atoms in total. The fourth-order valence-corrected chi connectivity index (χ4v) is 1.25. The normalized spacial score (nSPS) is 10.2. The standard InChI is InChI=1S/C11H12FN/c1-7(2)9-4-8(3)10(6-13)11(12)5-9/h4-5,7H,1-3H3. The molecule has 0 aliphatic heterocycles. The van der Waals surface area contributed by atoms with Crippen LogP contribution in [-0.4, -0.2) is 0 Å². The van der Waals surface area contributed by atoms with Gasteiger partial charge in [-0.05, 0) is 30.0 Å². The average molecular weight is 177 g/mol. The molecule has 0 saturated carbocycles. The van der Waals surface area contributed by atoms with Gasteiger partial charge in [0.2, 0.25) is 0 Å². The van der Waals surface area contributed by atoms with Crippen LogP contribution in [0.2, 0.25) is 0 Å². The van der Waals surface area contributed by atoms with Crippen molar-refractivity contribution in [1.29, 1.82) is 5.26 Å². The first-order valence-electron chi connectivity index (χ1n) is 4.26. The number of hydrogen-bond acceptors (Lipinski definition) is 1. The smallest absolute Gasteiger partial charge is 0.141 e. The van der Waals surface area contributed by atoms with E-state index in [4.69, 9.17) is 5.26 Å². The number of rotatable bonds is 1. The predicted octanol–water partition coefficient (Wildman–Crippen LogP) is 3.13. The molecule has 0 fully saturated rings. The summed E-state index contributed by atoms with van der Waals surface area (Å²) in [4.78, 5) is 0. The molecule has 0 aromatic heterocycles. The highest BCUT2D eigenvalue weighted by Crippen LogP contribution is 2.20. The molecule has 1 rings (SSSR count). The van der Waals surface area contributed by atoms with E-state index >= 15 is 0 Å². The largest absolute Gasteiger partial charge is 0.206 e. The summed E-state index contributed by atoms with van der Waals surface area (Å²) in [6, 6.07) is 5.16. The summed E-state index contributed by atoms with van der Waals surface area (Å²) in [5.74, 6) is -0.118. The van der Waals surface area contributed by atoms with E-state index in [0.717, 1.165) is 5.56 Å². The molecule has 0 N–H and O–H groups in total. The Bertz CT molecular complexity index is 338. The second kappa shape index (κ2) is 3.57. The molecule has 0 radical (unpaired) electrons. The fraction of sp³-hybridized carbons (Fsp3) is 0.364. The van der Waals surface area contributed by atoms with E-state index < -0.39 is 5.82 Å². The summed E-state index contributed by atoms with van der Waals surface area (Å²) in [7, 11) is 0. The van der Waals surface area contributed by atoms with Gasteiger partial charge in [-0.3, -0.25) is 0 Å². The van der Waals surface area contributed by atoms with Crippen molar-refractivity contribution in [3.63, 3.8) is 0 Å². The van der Waals surface area contributed by atoms with Crippen LogP contribution < -0.4 is 0 Å². The minimum Gasteiger partial charge on any atom is -0.206 e. The predicted molar refractivity (Wildman–Crippen MR) is 49.9 cm³/mol. The van der Waals surface area contributed by atoms with Gasteiger partial charge in [0.05, 0.1) is 5.56 Å². The van der Waals surface area contributed by atoms with Gasteiger partial charge < -0.3 is 0 Å². The highest BCUT2D eigenvalue weighted by Gasteiger charge is 2.08. The van der Waals surface area contributed by atoms with Gasteiger partial charge in [0.15, 0.2) is 0 Å². The van der Waals surface area contributed by atoms with Crippen molar-refractivity contribution in [2.45, 2.75) is 26.7 Å². The SMILES string of the molecule is Cc1cc(C(C)C)cc(F)c1C#N. The Labute approximate surface area is 77.8 Å². The van der Waals surface area contributed by atoms with Crippen molar-refractivity contribution in [2.24, 2.45) is 0 Å². The lowest BCUT2D eigenvalue weighted by atomic mass is 9.98. The minimum absolute atomic E-state index is 0.157. The number of benzene rings is 1. The molecule has 13 heavy (non-hydrogen) atoms. The third kappa shape index (κ3) is 1.86. The first-order valence-corrected chi connectivity index (χ1v) is 4.26. The first kappa shape index (κ1) is 9.73. The molecule has 1 aromatic carbocycles. The third-order valence-corrected chi connectivity index (χ3v) is 2.09. The maximum atomic E-state index is 13.2. The molecule has 0 spiro atoms. The lowest BCUT2D eigenvalue weighted by Gasteiger charge is -2.07. The van der Waals surface area contributed by atoms with Gasteiger partial charge in [-0.1, -0.05) is 19.9 Å². The van der Waals surface area contributed by atoms with E-state index in [1.165, 1.54) is 6.07 Å². The molecule has 0 heterocycles. The highest BCUT2D eigenvalue weighted by molar-refractivity contribution is 5.41. The summed E-state index contributed by atoms with van der Waals surface area (Å²) in [5, 5.41) is 8.64. The Morgan fingerprint density at radius 1 is 1.38 bits per heavy atom. The average Bonchev–Trinajstić information content (AvgIpc) is 2.03. The number of aryl methyl sites for hydroxylation is 1. The number of hydrogen-bond donors (Lipinski definition) is 0. The van der Waals surface area contributed by atoms with Crippen LogP contribution in [0.5, 0.6) is 0 Å². The molecule has 0 saturated heterocycles. The molecule has 0 atom stereocenters. The van der Waals surface area contributed by atoms with Crippen molar-refractivity contribution in [2.75, 3.05) is 0 Å². The molecule has 0 amide bonds. The van der Waals surface area contributed by atoms with Gasteiger partial charge in [-0.2, -0.15) is 5.26 Å². The molecule has 1 aromatic rings. The maximum Gasteiger partial charge on any atom is 0.141 e. The molecule has 68 valence electrons. The first-order chi connectivity index (χ1) is 6.06. The molecule has 0 bridgehead atoms. The summed E-state index contributed by atoms with van der Waals surface area (Å²) in [6.45, 7) is 5.76. The van der Waals surface area contributed by atoms with Crippen LogP contribution in [0.3, 0.4) is 0 Å². The van der Waals surface area contributed by atoms with E-state index in [9.17, 15) is 4.39 Å². The van der Waals surface area contributed by atoms with E-state index in [2.05, 4.69) is 0 Å². The molecule has 0 aliphatic rings. The van der Waals surface area contributed by atoms with Crippen LogP contribution in [-0.2, 0) is 0 Å². The third-order valence-electron chi connectivity index (χ3n) is 2.09. The number of nitriles is 1. The highest BCUT2D eigenvalue weighted by atomic mass is 19.1. The summed E-state index contributed by atoms with van der Waals surface area (Å²) in [6.07, 6.45) is 0. The van der Waals surface area contributed by atoms with Crippen molar-refractivity contribution < 1.29 is 4.39 Å². The van der Waals surface area contributed by atoms with Gasteiger partial charge >= 0.3 is 0 Å². The Hall–Kier alpha value is -1.36. The van der Waals surface area contributed by atoms with E-state index in [1.807, 2.05) is 26.0 Å². The Balaban J connectivity index is 3.30. The Morgan fingerprint density at radius 3 is 2.38 bits per heavy atom. The van der Waals surface area contributed by atoms with Crippen LogP contribution in [0.4, 0.5) is 4.39 Å². The van der Waals surface area contributed by atoms with Gasteiger partial charge in [-0.15, -0.1) is 0 Å². The maximum absolute atomic E-state index is 13.2. The molecular weight excluding hydrogens is 165 g/mol. The lowest BCUT2D eigenvalue weighted by Crippen LogP contribution is -1.95. The Morgan fingerprint density at radius 2 is 2.00 bits per heavy atom. The van der Waals surface area contributed by atoms with Crippen LogP contribution in [0.15, 0.2) is 12.1 Å². The van der Waals surface area contributed by atoms with E-state index in [-0.39, 0.29) is 5.56 Å². The monoisotopic (exact) mass is 177 g/mol. The van der Waals surface area contributed by atoms with Crippen molar-refractivity contribution in [3.05, 3.63) is 34.6 Å². The second-order valence-corrected chi connectivity index (χ2v) is 3.46. The number of nitrogens with zero attached hydrogens (tertiary/aromatic N) is 1. The molecule has 2 heteroatoms. The topological polar surface area (TPSA) is 23.8 Å². The van der Waals surface area contributed by atoms with Gasteiger partial charge in [0, 0.05) is 0 Å². The Kier molecular flexibility index (Phi) is 2.67. The van der Waals surface area contributed by atoms with Gasteiger partial charge in [-0.25, -0.2) is 4.39 Å². The molecular formula is C11H12FN. The van der Waals surface area contributed by atoms with Crippen LogP contribution in [0, 0.1) is 24.1 Å². The van der Waals surface area contributed by atoms with Crippen LogP contribution >= 0.6 is 0 Å². The number of halogens is 1. The van der Waals surface area contributed by atoms with Crippen LogP contribution in [0.25, 0.3) is 0 Å². The van der Waals surface area contributed by atoms with E-state index in [1.54, 1.807) is 6.92 Å². The fourth-order valence-electron chi connectivity index (χ4n) is 1.25. The quantitative estimate of drug-likeness (QED) is 0.646. The van der Waals surface area contributed by atoms with Crippen LogP contribution in [0.1, 0.15) is 36.5 Å². The van der Waals surface area contributed by atoms with Gasteiger partial charge in [0.25, 0.3) is 0 Å².